The van der Waals surface area contributed by atoms with Gasteiger partial charge in [0.25, 0.3) is 0 Å². The molecule has 0 N–H and O–H groups in total. The molecule has 0 saturated carbocycles. The van der Waals surface area contributed by atoms with Crippen LogP contribution in [0.5, 0.6) is 11.6 Å². The molecule has 1 aliphatic rings. The molecule has 11 aromatic rings. The molecule has 0 saturated heterocycles. The Balaban J connectivity index is 1.14. The van der Waals surface area contributed by atoms with Crippen LogP contribution in [0.2, 0.25) is 0 Å². The van der Waals surface area contributed by atoms with Crippen LogP contribution in [0, 0.1) is 27.3 Å². The Bertz CT molecular complexity index is 4880. The van der Waals surface area contributed by atoms with Crippen LogP contribution in [0.1, 0.15) is 91.3 Å². The van der Waals surface area contributed by atoms with Crippen LogP contribution in [0.25, 0.3) is 55.8 Å². The number of para-hydroxylation sites is 4. The van der Waals surface area contributed by atoms with Gasteiger partial charge < -0.3 is 0 Å². The summed E-state index contributed by atoms with van der Waals surface area (Å²) in [6.45, 7) is 14.5. The van der Waals surface area contributed by atoms with Crippen molar-refractivity contribution in [2.45, 2.75) is 73.6 Å². The first kappa shape index (κ1) is 39.2. The molecule has 2 aromatic heterocycles. The van der Waals surface area contributed by atoms with Gasteiger partial charge in [-0.3, -0.25) is 0 Å². The summed E-state index contributed by atoms with van der Waals surface area (Å²) in [4.78, 5) is 9.42. The van der Waals surface area contributed by atoms with E-state index in [9.17, 15) is 11.0 Å². The summed E-state index contributed by atoms with van der Waals surface area (Å²) in [5.74, 6) is -0.831. The van der Waals surface area contributed by atoms with E-state index in [2.05, 4.69) is 57.1 Å². The number of nitrogens with zero attached hydrogens (tertiary/aromatic N) is 5. The topological polar surface area (TPSA) is 38.5 Å². The van der Waals surface area contributed by atoms with Crippen molar-refractivity contribution in [3.8, 4) is 56.4 Å². The fourth-order valence-electron chi connectivity index (χ4n) is 10.6. The number of rotatable bonds is 13. The number of fused-ring (bicyclic) bond motifs is 2. The molecule has 12 rings (SSSR count). The molecule has 0 fully saturated rings. The molecule has 0 unspecified atom stereocenters. The van der Waals surface area contributed by atoms with E-state index in [1.807, 2.05) is 135 Å². The zero-order valence-corrected chi connectivity index (χ0v) is 48.5. The number of imidazole rings is 1. The van der Waals surface area contributed by atoms with Crippen molar-refractivity contribution in [3.05, 3.63) is 257 Å². The van der Waals surface area contributed by atoms with Gasteiger partial charge in [0, 0.05) is 5.69 Å². The molecule has 9 aromatic carbocycles. The van der Waals surface area contributed by atoms with Gasteiger partial charge >= 0.3 is 426 Å². The average molecular weight is 1250 g/mol. The van der Waals surface area contributed by atoms with Gasteiger partial charge in [0.05, 0.1) is 1.37 Å². The van der Waals surface area contributed by atoms with E-state index < -0.39 is 91.5 Å². The van der Waals surface area contributed by atoms with E-state index in [0.717, 1.165) is 22.4 Å². The number of hydrogen-bond acceptors (Lipinski definition) is 4. The average Bonchev–Trinajstić information content (AvgIpc) is 1.69. The zero-order chi connectivity index (χ0) is 68.3. The molecule has 0 atom stereocenters. The zero-order valence-electron chi connectivity index (χ0n) is 60.2. The van der Waals surface area contributed by atoms with Gasteiger partial charge in [-0.2, -0.15) is 12.1 Å². The molecule has 0 radical (unpaired) electrons. The summed E-state index contributed by atoms with van der Waals surface area (Å²) >= 11 is 2.19. The molecule has 8 heteroatoms. The second-order valence-corrected chi connectivity index (χ2v) is 23.3. The summed E-state index contributed by atoms with van der Waals surface area (Å²) in [6.07, 6.45) is -4.32. The minimum atomic E-state index is -2.28. The normalized spacial score (nSPS) is 15.5. The molecular weight excluding hydrogens is 1170 g/mol. The Kier molecular flexibility index (Phi) is 10.7. The fourth-order valence-corrected chi connectivity index (χ4v) is 11.6. The molecule has 404 valence electrons. The number of anilines is 4. The third-order valence-electron chi connectivity index (χ3n) is 13.9. The van der Waals surface area contributed by atoms with E-state index >= 15 is 0 Å². The number of hydrogen-bond donors (Lipinski definition) is 0. The summed E-state index contributed by atoms with van der Waals surface area (Å²) in [6, 6.07) is 52.1. The van der Waals surface area contributed by atoms with Gasteiger partial charge in [0.2, 0.25) is 0 Å². The second kappa shape index (κ2) is 22.0. The maximum atomic E-state index is 10.0. The summed E-state index contributed by atoms with van der Waals surface area (Å²) in [7, 11) is 0. The second-order valence-electron chi connectivity index (χ2n) is 22.3. The summed E-state index contributed by atoms with van der Waals surface area (Å²) in [5, 5.41) is 0. The molecule has 6 nitrogen and oxygen atoms in total. The van der Waals surface area contributed by atoms with Crippen molar-refractivity contribution >= 4 is 46.4 Å². The first-order valence-electron chi connectivity index (χ1n) is 33.9. The van der Waals surface area contributed by atoms with Crippen LogP contribution in [-0.4, -0.2) is 21.1 Å². The SMILES string of the molecule is [2H]c1c([2H])c([2H])c(-c2cc(C([2H])([2H])C(C)(C)C)cc(-c3ccc(C(C)(C)C)cc3)c2-n2[c](=[Pt])n(-c3[c-]c(Oc4nc(N5B(c6ccccc6)N(c6ccccc6)c6ccc[c-]c65)cc(C([2H])([2H])C(C)C)c4-c4c([2H])c([2H])c([2H])c([2H])c4[2H])ccc3)c3ccccc32)c([2H])c1[2H]. The van der Waals surface area contributed by atoms with Crippen molar-refractivity contribution in [1.29, 1.82) is 0 Å². The Labute approximate surface area is 509 Å². The van der Waals surface area contributed by atoms with E-state index in [1.165, 1.54) is 0 Å². The number of ether oxygens (including phenoxy) is 1. The molecule has 0 aliphatic carbocycles. The molecule has 0 spiro atoms. The molecule has 0 bridgehead atoms. The van der Waals surface area contributed by atoms with E-state index in [4.69, 9.17) is 17.9 Å². The number of benzene rings is 9. The van der Waals surface area contributed by atoms with Crippen molar-refractivity contribution in [2.75, 3.05) is 9.62 Å². The van der Waals surface area contributed by atoms with E-state index in [1.54, 1.807) is 77.1 Å². The van der Waals surface area contributed by atoms with Crippen LogP contribution in [0.4, 0.5) is 22.9 Å². The Hall–Kier alpha value is -8.25. The third kappa shape index (κ3) is 10.7. The van der Waals surface area contributed by atoms with Gasteiger partial charge in [0.1, 0.15) is 0 Å². The van der Waals surface area contributed by atoms with Gasteiger partial charge in [-0.25, -0.2) is 0 Å². The Morgan fingerprint density at radius 1 is 0.654 bits per heavy atom. The van der Waals surface area contributed by atoms with Gasteiger partial charge in [-0.05, 0) is 12.1 Å². The maximum absolute atomic E-state index is 10.0. The molecule has 3 heterocycles. The van der Waals surface area contributed by atoms with Crippen LogP contribution in [0.15, 0.2) is 224 Å². The standard InChI is InChI=1S/C73H66BN5O.Pt/c1-51(2)44-56-47-68(79-67-39-24-23-38-66(67)78(59-32-19-12-20-33-59)74(79)58-30-17-11-18-31-58)75-71(69(56)55-28-15-10-16-29-55)80-61-35-25-34-60(48-61)76-50-77(65-37-22-21-36-64(65)76)70-62(53-26-13-9-14-27-53)45-52(49-72(3,4)5)46-63(70)54-40-42-57(43-41-54)73(6,7)8;/h9-38,40-43,45-47,51H,44,49H2,1-8H3;/q-2;/i9D,10D,13D,14D,15D,16D,26D,27D,28D,29D,44D2,49D2;. The van der Waals surface area contributed by atoms with Crippen molar-refractivity contribution in [1.82, 2.24) is 14.1 Å². The molecule has 0 amide bonds. The molecule has 1 aliphatic heterocycles. The van der Waals surface area contributed by atoms with Gasteiger partial charge in [-0.15, -0.1) is 6.07 Å². The fraction of sp³-hybridized carbons (Fsp3) is 0.178. The first-order chi connectivity index (χ1) is 44.9. The van der Waals surface area contributed by atoms with Crippen molar-refractivity contribution < 1.29 is 43.3 Å². The third-order valence-corrected chi connectivity index (χ3v) is 15.0. The van der Waals surface area contributed by atoms with Crippen molar-refractivity contribution in [2.24, 2.45) is 11.3 Å². The Morgan fingerprint density at radius 3 is 1.94 bits per heavy atom. The minimum absolute atomic E-state index is 0.0318. The van der Waals surface area contributed by atoms with E-state index in [0.29, 0.717) is 43.0 Å². The van der Waals surface area contributed by atoms with Crippen LogP contribution >= 0.6 is 0 Å². The Morgan fingerprint density at radius 2 is 1.28 bits per heavy atom. The predicted molar refractivity (Wildman–Crippen MR) is 334 cm³/mol. The van der Waals surface area contributed by atoms with Crippen LogP contribution in [0.3, 0.4) is 0 Å². The first-order valence-corrected chi connectivity index (χ1v) is 28.1. The number of pyridine rings is 1. The molecular formula is C73H66BN5OPt-2. The van der Waals surface area contributed by atoms with Crippen LogP contribution in [-0.2, 0) is 37.5 Å². The van der Waals surface area contributed by atoms with Gasteiger partial charge in [-0.1, -0.05) is 48.5 Å². The predicted octanol–water partition coefficient (Wildman–Crippen LogP) is 18.1. The molecule has 81 heavy (non-hydrogen) atoms. The van der Waals surface area contributed by atoms with E-state index in [-0.39, 0.29) is 56.2 Å². The van der Waals surface area contributed by atoms with Gasteiger partial charge in [0.15, 0.2) is 0 Å². The van der Waals surface area contributed by atoms with Crippen molar-refractivity contribution in [3.63, 3.8) is 0 Å². The summed E-state index contributed by atoms with van der Waals surface area (Å²) < 4.78 is 142. The number of aromatic nitrogens is 3. The summed E-state index contributed by atoms with van der Waals surface area (Å²) in [5.41, 5.74) is 5.75. The van der Waals surface area contributed by atoms with Crippen LogP contribution < -0.4 is 19.8 Å². The quantitative estimate of drug-likeness (QED) is 0.0852. The monoisotopic (exact) mass is 1250 g/mol.